The van der Waals surface area contributed by atoms with Crippen LogP contribution in [0.4, 0.5) is 0 Å². The van der Waals surface area contributed by atoms with Gasteiger partial charge in [-0.15, -0.1) is 6.58 Å². The molecule has 0 spiro atoms. The highest BCUT2D eigenvalue weighted by Crippen LogP contribution is 2.31. The predicted molar refractivity (Wildman–Crippen MR) is 106 cm³/mol. The molecule has 0 radical (unpaired) electrons. The number of nitrogens with zero attached hydrogens (tertiary/aromatic N) is 2. The number of benzene rings is 2. The van der Waals surface area contributed by atoms with Gasteiger partial charge in [0.2, 0.25) is 6.10 Å². The summed E-state index contributed by atoms with van der Waals surface area (Å²) in [5, 5.41) is 0. The van der Waals surface area contributed by atoms with Gasteiger partial charge >= 0.3 is 0 Å². The van der Waals surface area contributed by atoms with Crippen molar-refractivity contribution in [2.75, 3.05) is 6.61 Å². The van der Waals surface area contributed by atoms with Gasteiger partial charge < -0.3 is 14.0 Å². The second-order valence-corrected chi connectivity index (χ2v) is 7.51. The molecule has 1 amide bonds. The summed E-state index contributed by atoms with van der Waals surface area (Å²) in [5.41, 5.74) is 3.41. The van der Waals surface area contributed by atoms with Crippen LogP contribution in [0.1, 0.15) is 11.1 Å². The van der Waals surface area contributed by atoms with Gasteiger partial charge in [-0.25, -0.2) is 0 Å². The number of aryl methyl sites for hydroxylation is 2. The Morgan fingerprint density at radius 3 is 2.89 bits per heavy atom. The molecule has 1 aliphatic heterocycles. The highest BCUT2D eigenvalue weighted by Gasteiger charge is 2.27. The Bertz CT molecular complexity index is 1110. The number of amides is 1. The number of thiazole rings is 1. The van der Waals surface area contributed by atoms with Gasteiger partial charge in [0.1, 0.15) is 6.61 Å². The number of ether oxygens (including phenoxy) is 2. The van der Waals surface area contributed by atoms with Crippen LogP contribution in [0.5, 0.6) is 11.5 Å². The third kappa shape index (κ3) is 3.28. The van der Waals surface area contributed by atoms with Gasteiger partial charge in [0.05, 0.1) is 10.2 Å². The maximum Gasteiger partial charge on any atom is 0.292 e. The number of hydrogen-bond donors (Lipinski definition) is 0. The van der Waals surface area contributed by atoms with Crippen LogP contribution in [0.3, 0.4) is 0 Å². The Kier molecular flexibility index (Phi) is 4.58. The molecule has 0 bridgehead atoms. The molecule has 3 aromatic rings. The Hall–Kier alpha value is -2.86. The van der Waals surface area contributed by atoms with Crippen LogP contribution in [0.15, 0.2) is 54.0 Å². The topological polar surface area (TPSA) is 52.8 Å². The average Bonchev–Trinajstić information content (AvgIpc) is 2.99. The minimum Gasteiger partial charge on any atom is -0.485 e. The van der Waals surface area contributed by atoms with E-state index in [1.54, 1.807) is 6.07 Å². The van der Waals surface area contributed by atoms with Crippen molar-refractivity contribution in [2.45, 2.75) is 26.5 Å². The van der Waals surface area contributed by atoms with Crippen LogP contribution >= 0.6 is 11.3 Å². The van der Waals surface area contributed by atoms with Gasteiger partial charge in [0, 0.05) is 6.54 Å². The lowest BCUT2D eigenvalue weighted by Crippen LogP contribution is -2.36. The monoisotopic (exact) mass is 380 g/mol. The van der Waals surface area contributed by atoms with Crippen LogP contribution in [-0.2, 0) is 11.3 Å². The zero-order chi connectivity index (χ0) is 19.0. The van der Waals surface area contributed by atoms with E-state index in [1.165, 1.54) is 22.5 Å². The summed E-state index contributed by atoms with van der Waals surface area (Å²) in [7, 11) is 0. The van der Waals surface area contributed by atoms with E-state index in [9.17, 15) is 4.79 Å². The summed E-state index contributed by atoms with van der Waals surface area (Å²) in [6.07, 6.45) is 1.06. The van der Waals surface area contributed by atoms with Crippen molar-refractivity contribution < 1.29 is 14.3 Å². The maximum absolute atomic E-state index is 12.8. The maximum atomic E-state index is 12.8. The number of fused-ring (bicyclic) bond motifs is 2. The fraction of sp³-hybridized carbons (Fsp3) is 0.238. The Morgan fingerprint density at radius 1 is 1.33 bits per heavy atom. The number of carbonyl (C=O) groups is 1. The lowest BCUT2D eigenvalue weighted by atomic mass is 10.1. The molecule has 1 aliphatic rings. The summed E-state index contributed by atoms with van der Waals surface area (Å²) in [6, 6.07) is 11.6. The van der Waals surface area contributed by atoms with E-state index >= 15 is 0 Å². The van der Waals surface area contributed by atoms with Gasteiger partial charge in [-0.3, -0.25) is 4.79 Å². The summed E-state index contributed by atoms with van der Waals surface area (Å²) in [6.45, 7) is 8.71. The number of allylic oxidation sites excluding steroid dienone is 1. The fourth-order valence-corrected chi connectivity index (χ4v) is 4.31. The normalized spacial score (nSPS) is 16.5. The number of rotatable bonds is 3. The molecule has 4 rings (SSSR count). The van der Waals surface area contributed by atoms with Crippen LogP contribution < -0.4 is 14.3 Å². The van der Waals surface area contributed by atoms with Crippen molar-refractivity contribution in [2.24, 2.45) is 4.99 Å². The number of hydrogen-bond acceptors (Lipinski definition) is 4. The molecule has 0 saturated heterocycles. The second-order valence-electron chi connectivity index (χ2n) is 6.53. The average molecular weight is 380 g/mol. The first-order valence-electron chi connectivity index (χ1n) is 8.75. The summed E-state index contributed by atoms with van der Waals surface area (Å²) >= 11 is 1.51. The van der Waals surface area contributed by atoms with Crippen LogP contribution in [0.25, 0.3) is 10.2 Å². The number of carbonyl (C=O) groups excluding carboxylic acids is 1. The van der Waals surface area contributed by atoms with E-state index in [-0.39, 0.29) is 12.5 Å². The number of aromatic nitrogens is 1. The Morgan fingerprint density at radius 2 is 2.11 bits per heavy atom. The molecular weight excluding hydrogens is 360 g/mol. The van der Waals surface area contributed by atoms with Crippen molar-refractivity contribution in [3.63, 3.8) is 0 Å². The van der Waals surface area contributed by atoms with E-state index in [1.807, 2.05) is 28.8 Å². The molecule has 0 unspecified atom stereocenters. The second kappa shape index (κ2) is 7.04. The summed E-state index contributed by atoms with van der Waals surface area (Å²) in [4.78, 5) is 17.8. The first kappa shape index (κ1) is 17.5. The first-order valence-corrected chi connectivity index (χ1v) is 9.57. The quantitative estimate of drug-likeness (QED) is 0.650. The lowest BCUT2D eigenvalue weighted by Gasteiger charge is -2.23. The van der Waals surface area contributed by atoms with Gasteiger partial charge in [-0.2, -0.15) is 4.99 Å². The first-order chi connectivity index (χ1) is 13.1. The van der Waals surface area contributed by atoms with E-state index in [2.05, 4.69) is 37.6 Å². The van der Waals surface area contributed by atoms with E-state index in [4.69, 9.17) is 9.47 Å². The van der Waals surface area contributed by atoms with Crippen LogP contribution in [0, 0.1) is 13.8 Å². The standard InChI is InChI=1S/C21H20N2O3S/c1-4-9-23-15-11-13(2)10-14(3)19(15)27-21(23)22-20(24)18-12-25-16-7-5-6-8-17(16)26-18/h4-8,10-11,18H,1,9,12H2,2-3H3/t18-/m0/s1. The summed E-state index contributed by atoms with van der Waals surface area (Å²) in [5.74, 6) is 0.874. The summed E-state index contributed by atoms with van der Waals surface area (Å²) < 4.78 is 14.6. The van der Waals surface area contributed by atoms with Gasteiger partial charge in [-0.1, -0.05) is 35.6 Å². The molecule has 27 heavy (non-hydrogen) atoms. The molecule has 0 N–H and O–H groups in total. The SMILES string of the molecule is C=CCn1c(=NC(=O)[C@@H]2COc3ccccc3O2)sc2c(C)cc(C)cc21. The third-order valence-corrected chi connectivity index (χ3v) is 5.65. The molecular formula is C21H20N2O3S. The van der Waals surface area contributed by atoms with Gasteiger partial charge in [0.15, 0.2) is 16.3 Å². The molecule has 0 aliphatic carbocycles. The number of para-hydroxylation sites is 2. The van der Waals surface area contributed by atoms with Gasteiger partial charge in [0.25, 0.3) is 5.91 Å². The Balaban J connectivity index is 1.74. The van der Waals surface area contributed by atoms with Crippen molar-refractivity contribution in [3.05, 3.63) is 65.0 Å². The molecule has 0 fully saturated rings. The molecule has 0 saturated carbocycles. The van der Waals surface area contributed by atoms with Crippen molar-refractivity contribution >= 4 is 27.5 Å². The molecule has 5 nitrogen and oxygen atoms in total. The van der Waals surface area contributed by atoms with Gasteiger partial charge in [-0.05, 0) is 43.2 Å². The minimum absolute atomic E-state index is 0.157. The van der Waals surface area contributed by atoms with Crippen LogP contribution in [0.2, 0.25) is 0 Å². The molecule has 138 valence electrons. The largest absolute Gasteiger partial charge is 0.485 e. The van der Waals surface area contributed by atoms with Crippen molar-refractivity contribution in [1.29, 1.82) is 0 Å². The van der Waals surface area contributed by atoms with E-state index < -0.39 is 6.10 Å². The Labute approximate surface area is 161 Å². The molecule has 1 aromatic heterocycles. The molecule has 6 heteroatoms. The highest BCUT2D eigenvalue weighted by atomic mass is 32.1. The lowest BCUT2D eigenvalue weighted by molar-refractivity contribution is -0.127. The smallest absolute Gasteiger partial charge is 0.292 e. The molecule has 2 heterocycles. The van der Waals surface area contributed by atoms with Crippen molar-refractivity contribution in [1.82, 2.24) is 4.57 Å². The van der Waals surface area contributed by atoms with Crippen molar-refractivity contribution in [3.8, 4) is 11.5 Å². The van der Waals surface area contributed by atoms with E-state index in [0.717, 1.165) is 10.2 Å². The fourth-order valence-electron chi connectivity index (χ4n) is 3.21. The zero-order valence-corrected chi connectivity index (χ0v) is 16.1. The minimum atomic E-state index is -0.745. The highest BCUT2D eigenvalue weighted by molar-refractivity contribution is 7.16. The predicted octanol–water partition coefficient (Wildman–Crippen LogP) is 3.77. The molecule has 1 atom stereocenters. The van der Waals surface area contributed by atoms with Crippen LogP contribution in [-0.4, -0.2) is 23.2 Å². The van der Waals surface area contributed by atoms with E-state index in [0.29, 0.717) is 22.8 Å². The third-order valence-electron chi connectivity index (χ3n) is 4.42. The zero-order valence-electron chi connectivity index (χ0n) is 15.3. The molecule has 2 aromatic carbocycles.